The Morgan fingerprint density at radius 1 is 0.935 bits per heavy atom. The molecular formula is C33H35N5O7S. The van der Waals surface area contributed by atoms with Gasteiger partial charge in [0.05, 0.1) is 26.8 Å². The molecule has 12 nitrogen and oxygen atoms in total. The predicted octanol–water partition coefficient (Wildman–Crippen LogP) is 3.93. The van der Waals surface area contributed by atoms with Gasteiger partial charge in [0, 0.05) is 60.4 Å². The fraction of sp³-hybridized carbons (Fsp3) is 0.212. The third kappa shape index (κ3) is 6.41. The number of hydrogen-bond donors (Lipinski definition) is 3. The standard InChI is InChI=1S/C33H35N5O7S/c1-37(2)46(41,42)38-20-23(25-8-6-7-9-29(25)38)16-28(36-32(39)21-10-13-30(44-4)31(17-21)45-5)33(40)34-15-14-22-19-35-27-12-11-24(43-3)18-26(22)27/h6-13,16-20,35H,14-15H2,1-5H3,(H,34,40)(H,36,39)/b28-16-. The van der Waals surface area contributed by atoms with Gasteiger partial charge in [-0.05, 0) is 60.5 Å². The first-order chi connectivity index (χ1) is 22.1. The molecule has 2 heterocycles. The zero-order valence-corrected chi connectivity index (χ0v) is 26.9. The van der Waals surface area contributed by atoms with Crippen molar-refractivity contribution < 1.29 is 32.2 Å². The summed E-state index contributed by atoms with van der Waals surface area (Å²) in [6.07, 6.45) is 5.27. The number of ether oxygens (including phenoxy) is 3. The Bertz CT molecular complexity index is 2060. The second-order valence-electron chi connectivity index (χ2n) is 10.5. The van der Waals surface area contributed by atoms with Crippen molar-refractivity contribution in [1.29, 1.82) is 0 Å². The van der Waals surface area contributed by atoms with E-state index in [2.05, 4.69) is 15.6 Å². The van der Waals surface area contributed by atoms with E-state index in [1.165, 1.54) is 46.7 Å². The van der Waals surface area contributed by atoms with E-state index in [1.54, 1.807) is 43.5 Å². The minimum Gasteiger partial charge on any atom is -0.497 e. The first-order valence-corrected chi connectivity index (χ1v) is 15.7. The number of carbonyl (C=O) groups is 2. The monoisotopic (exact) mass is 645 g/mol. The maximum Gasteiger partial charge on any atom is 0.307 e. The molecule has 5 aromatic rings. The summed E-state index contributed by atoms with van der Waals surface area (Å²) in [6, 6.07) is 17.3. The molecule has 3 N–H and O–H groups in total. The zero-order valence-electron chi connectivity index (χ0n) is 26.1. The molecular weight excluding hydrogens is 610 g/mol. The number of fused-ring (bicyclic) bond motifs is 2. The first-order valence-electron chi connectivity index (χ1n) is 14.3. The van der Waals surface area contributed by atoms with E-state index >= 15 is 0 Å². The second kappa shape index (κ2) is 13.4. The topological polar surface area (TPSA) is 144 Å². The number of benzene rings is 3. The molecule has 0 radical (unpaired) electrons. The van der Waals surface area contributed by atoms with Crippen LogP contribution in [0.25, 0.3) is 27.9 Å². The fourth-order valence-electron chi connectivity index (χ4n) is 5.04. The summed E-state index contributed by atoms with van der Waals surface area (Å²) in [5.41, 5.74) is 2.90. The number of aromatic amines is 1. The summed E-state index contributed by atoms with van der Waals surface area (Å²) < 4.78 is 44.5. The maximum atomic E-state index is 13.7. The molecule has 13 heteroatoms. The number of nitrogens with zero attached hydrogens (tertiary/aromatic N) is 2. The van der Waals surface area contributed by atoms with Crippen LogP contribution in [0.4, 0.5) is 0 Å². The van der Waals surface area contributed by atoms with Gasteiger partial charge in [0.15, 0.2) is 11.5 Å². The molecule has 240 valence electrons. The number of H-pyrrole nitrogens is 1. The van der Waals surface area contributed by atoms with Gasteiger partial charge in [-0.15, -0.1) is 0 Å². The molecule has 0 aliphatic rings. The van der Waals surface area contributed by atoms with Crippen LogP contribution >= 0.6 is 0 Å². The average molecular weight is 646 g/mol. The van der Waals surface area contributed by atoms with E-state index in [9.17, 15) is 18.0 Å². The van der Waals surface area contributed by atoms with Gasteiger partial charge < -0.3 is 29.8 Å². The molecule has 0 aliphatic heterocycles. The van der Waals surface area contributed by atoms with Crippen LogP contribution in [-0.4, -0.2) is 75.5 Å². The van der Waals surface area contributed by atoms with Gasteiger partial charge in [-0.1, -0.05) is 18.2 Å². The van der Waals surface area contributed by atoms with Crippen molar-refractivity contribution in [2.24, 2.45) is 0 Å². The molecule has 0 bridgehead atoms. The Morgan fingerprint density at radius 3 is 2.41 bits per heavy atom. The van der Waals surface area contributed by atoms with Crippen LogP contribution in [0.3, 0.4) is 0 Å². The van der Waals surface area contributed by atoms with E-state index in [4.69, 9.17) is 14.2 Å². The number of rotatable bonds is 12. The Morgan fingerprint density at radius 2 is 1.70 bits per heavy atom. The maximum absolute atomic E-state index is 13.7. The van der Waals surface area contributed by atoms with Crippen LogP contribution < -0.4 is 24.8 Å². The summed E-state index contributed by atoms with van der Waals surface area (Å²) in [7, 11) is 3.54. The van der Waals surface area contributed by atoms with Gasteiger partial charge in [-0.25, -0.2) is 3.97 Å². The molecule has 0 aliphatic carbocycles. The van der Waals surface area contributed by atoms with Crippen molar-refractivity contribution in [3.63, 3.8) is 0 Å². The summed E-state index contributed by atoms with van der Waals surface area (Å²) >= 11 is 0. The summed E-state index contributed by atoms with van der Waals surface area (Å²) in [6.45, 7) is 0.253. The number of nitrogens with one attached hydrogen (secondary N) is 3. The smallest absolute Gasteiger partial charge is 0.307 e. The van der Waals surface area contributed by atoms with Crippen LogP contribution in [0.15, 0.2) is 78.8 Å². The Labute approximate surface area is 266 Å². The minimum atomic E-state index is -3.89. The molecule has 0 saturated carbocycles. The second-order valence-corrected chi connectivity index (χ2v) is 12.5. The number of amides is 2. The van der Waals surface area contributed by atoms with E-state index < -0.39 is 22.0 Å². The van der Waals surface area contributed by atoms with Crippen LogP contribution in [0.5, 0.6) is 17.2 Å². The molecule has 2 aromatic heterocycles. The third-order valence-corrected chi connectivity index (χ3v) is 9.23. The third-order valence-electron chi connectivity index (χ3n) is 7.51. The SMILES string of the molecule is COc1ccc2[nH]cc(CCNC(=O)/C(=C/c3cn(S(=O)(=O)N(C)C)c4ccccc34)NC(=O)c3ccc(OC)c(OC)c3)c2c1. The molecule has 3 aromatic carbocycles. The van der Waals surface area contributed by atoms with Crippen LogP contribution in [-0.2, 0) is 21.4 Å². The normalized spacial score (nSPS) is 12.0. The molecule has 0 fully saturated rings. The number of para-hydroxylation sites is 1. The predicted molar refractivity (Wildman–Crippen MR) is 176 cm³/mol. The lowest BCUT2D eigenvalue weighted by Gasteiger charge is -2.13. The van der Waals surface area contributed by atoms with Gasteiger partial charge >= 0.3 is 10.2 Å². The number of carbonyl (C=O) groups excluding carboxylic acids is 2. The van der Waals surface area contributed by atoms with Gasteiger partial charge in [-0.2, -0.15) is 12.7 Å². The molecule has 46 heavy (non-hydrogen) atoms. The van der Waals surface area contributed by atoms with Gasteiger partial charge in [0.25, 0.3) is 11.8 Å². The highest BCUT2D eigenvalue weighted by molar-refractivity contribution is 7.87. The van der Waals surface area contributed by atoms with Crippen molar-refractivity contribution in [1.82, 2.24) is 23.9 Å². The average Bonchev–Trinajstić information content (AvgIpc) is 3.65. The van der Waals surface area contributed by atoms with Crippen LogP contribution in [0, 0.1) is 0 Å². The molecule has 0 saturated heterocycles. The van der Waals surface area contributed by atoms with E-state index in [0.717, 1.165) is 30.5 Å². The quantitative estimate of drug-likeness (QED) is 0.175. The van der Waals surface area contributed by atoms with E-state index in [-0.39, 0.29) is 17.8 Å². The molecule has 0 spiro atoms. The molecule has 0 unspecified atom stereocenters. The zero-order chi connectivity index (χ0) is 33.0. The van der Waals surface area contributed by atoms with Crippen molar-refractivity contribution in [3.05, 3.63) is 95.4 Å². The van der Waals surface area contributed by atoms with Gasteiger partial charge in [0.2, 0.25) is 0 Å². The largest absolute Gasteiger partial charge is 0.497 e. The minimum absolute atomic E-state index is 0.0782. The highest BCUT2D eigenvalue weighted by atomic mass is 32.2. The van der Waals surface area contributed by atoms with Crippen molar-refractivity contribution in [2.75, 3.05) is 42.0 Å². The molecule has 2 amide bonds. The van der Waals surface area contributed by atoms with Gasteiger partial charge in [-0.3, -0.25) is 9.59 Å². The Balaban J connectivity index is 1.48. The summed E-state index contributed by atoms with van der Waals surface area (Å²) in [5, 5.41) is 7.16. The number of aromatic nitrogens is 2. The van der Waals surface area contributed by atoms with Crippen LogP contribution in [0.2, 0.25) is 0 Å². The lowest BCUT2D eigenvalue weighted by atomic mass is 10.1. The molecule has 0 atom stereocenters. The van der Waals surface area contributed by atoms with E-state index in [0.29, 0.717) is 34.4 Å². The molecule has 5 rings (SSSR count). The Hall–Kier alpha value is -5.27. The lowest BCUT2D eigenvalue weighted by Crippen LogP contribution is -2.35. The highest BCUT2D eigenvalue weighted by Gasteiger charge is 2.22. The fourth-order valence-corrected chi connectivity index (χ4v) is 6.05. The lowest BCUT2D eigenvalue weighted by molar-refractivity contribution is -0.117. The first kappa shape index (κ1) is 32.1. The highest BCUT2D eigenvalue weighted by Crippen LogP contribution is 2.29. The number of hydrogen-bond acceptors (Lipinski definition) is 7. The van der Waals surface area contributed by atoms with Crippen molar-refractivity contribution in [3.8, 4) is 17.2 Å². The Kier molecular flexibility index (Phi) is 9.35. The summed E-state index contributed by atoms with van der Waals surface area (Å²) in [5.74, 6) is 0.375. The van der Waals surface area contributed by atoms with Crippen molar-refractivity contribution in [2.45, 2.75) is 6.42 Å². The summed E-state index contributed by atoms with van der Waals surface area (Å²) in [4.78, 5) is 30.4. The van der Waals surface area contributed by atoms with Gasteiger partial charge in [0.1, 0.15) is 11.4 Å². The van der Waals surface area contributed by atoms with E-state index in [1.807, 2.05) is 24.4 Å². The van der Waals surface area contributed by atoms with Crippen molar-refractivity contribution >= 4 is 49.9 Å². The number of methoxy groups -OCH3 is 3. The van der Waals surface area contributed by atoms with Crippen LogP contribution in [0.1, 0.15) is 21.5 Å².